The van der Waals surface area contributed by atoms with Gasteiger partial charge in [0.2, 0.25) is 0 Å². The highest BCUT2D eigenvalue weighted by Gasteiger charge is 2.01. The number of allylic oxidation sites excluding steroid dienone is 1. The van der Waals surface area contributed by atoms with Crippen molar-refractivity contribution in [2.24, 2.45) is 5.10 Å². The number of carbonyl (C=O) groups is 1. The van der Waals surface area contributed by atoms with Crippen LogP contribution in [0.2, 0.25) is 0 Å². The maximum atomic E-state index is 11.7. The van der Waals surface area contributed by atoms with E-state index in [4.69, 9.17) is 4.74 Å². The number of hydrogen-bond acceptors (Lipinski definition) is 3. The second-order valence-corrected chi connectivity index (χ2v) is 5.62. The lowest BCUT2D eigenvalue weighted by molar-refractivity contribution is -0.123. The van der Waals surface area contributed by atoms with E-state index >= 15 is 0 Å². The lowest BCUT2D eigenvalue weighted by Crippen LogP contribution is -2.24. The molecule has 0 unspecified atom stereocenters. The number of nitrogens with one attached hydrogen (secondary N) is 1. The summed E-state index contributed by atoms with van der Waals surface area (Å²) < 4.78 is 5.45. The first kappa shape index (κ1) is 18.5. The molecule has 0 aliphatic carbocycles. The maximum absolute atomic E-state index is 11.7. The Kier molecular flexibility index (Phi) is 7.98. The molecule has 2 aromatic carbocycles. The summed E-state index contributed by atoms with van der Waals surface area (Å²) in [5, 5.41) is 3.86. The highest BCUT2D eigenvalue weighted by Crippen LogP contribution is 2.13. The highest BCUT2D eigenvalue weighted by atomic mass is 16.5. The normalized spacial score (nSPS) is 11.1. The number of nitrogens with zero attached hydrogens (tertiary/aromatic N) is 1. The van der Waals surface area contributed by atoms with Gasteiger partial charge in [-0.25, -0.2) is 5.43 Å². The van der Waals surface area contributed by atoms with Crippen molar-refractivity contribution in [2.75, 3.05) is 6.61 Å². The van der Waals surface area contributed by atoms with Crippen LogP contribution in [0.1, 0.15) is 30.9 Å². The molecule has 2 aromatic rings. The van der Waals surface area contributed by atoms with Crippen molar-refractivity contribution in [3.63, 3.8) is 0 Å². The smallest absolute Gasteiger partial charge is 0.277 e. The second kappa shape index (κ2) is 10.8. The molecule has 130 valence electrons. The highest BCUT2D eigenvalue weighted by molar-refractivity contribution is 5.81. The Balaban J connectivity index is 1.68. The minimum atomic E-state index is -0.292. The van der Waals surface area contributed by atoms with Gasteiger partial charge in [-0.05, 0) is 42.2 Å². The predicted molar refractivity (Wildman–Crippen MR) is 103 cm³/mol. The average molecular weight is 336 g/mol. The summed E-state index contributed by atoms with van der Waals surface area (Å²) >= 11 is 0. The van der Waals surface area contributed by atoms with Crippen molar-refractivity contribution < 1.29 is 9.53 Å². The number of aryl methyl sites for hydroxylation is 1. The molecule has 25 heavy (non-hydrogen) atoms. The summed E-state index contributed by atoms with van der Waals surface area (Å²) in [5.41, 5.74) is 4.79. The molecule has 1 amide bonds. The first-order valence-electron chi connectivity index (χ1n) is 8.53. The number of amides is 1. The number of hydrazone groups is 1. The average Bonchev–Trinajstić information content (AvgIpc) is 2.66. The number of benzene rings is 2. The molecule has 0 aliphatic heterocycles. The quantitative estimate of drug-likeness (QED) is 0.550. The van der Waals surface area contributed by atoms with E-state index in [9.17, 15) is 4.79 Å². The maximum Gasteiger partial charge on any atom is 0.277 e. The van der Waals surface area contributed by atoms with Gasteiger partial charge in [0.05, 0.1) is 0 Å². The van der Waals surface area contributed by atoms with Crippen LogP contribution in [-0.4, -0.2) is 18.7 Å². The van der Waals surface area contributed by atoms with Crippen LogP contribution in [0.5, 0.6) is 5.75 Å². The minimum Gasteiger partial charge on any atom is -0.484 e. The summed E-state index contributed by atoms with van der Waals surface area (Å²) in [6.07, 6.45) is 8.65. The van der Waals surface area contributed by atoms with Gasteiger partial charge in [-0.15, -0.1) is 0 Å². The van der Waals surface area contributed by atoms with Crippen molar-refractivity contribution in [3.05, 3.63) is 71.8 Å². The van der Waals surface area contributed by atoms with Crippen molar-refractivity contribution in [1.82, 2.24) is 5.43 Å². The number of rotatable bonds is 9. The monoisotopic (exact) mass is 336 g/mol. The van der Waals surface area contributed by atoms with E-state index in [0.29, 0.717) is 5.75 Å². The fourth-order valence-corrected chi connectivity index (χ4v) is 2.18. The largest absolute Gasteiger partial charge is 0.484 e. The van der Waals surface area contributed by atoms with Crippen LogP contribution in [0.4, 0.5) is 0 Å². The summed E-state index contributed by atoms with van der Waals surface area (Å²) in [6.45, 7) is 2.12. The summed E-state index contributed by atoms with van der Waals surface area (Å²) in [6, 6.07) is 17.7. The summed E-state index contributed by atoms with van der Waals surface area (Å²) in [7, 11) is 0. The van der Waals surface area contributed by atoms with E-state index in [2.05, 4.69) is 17.5 Å². The molecule has 0 aliphatic rings. The molecule has 0 radical (unpaired) electrons. The Morgan fingerprint density at radius 3 is 2.60 bits per heavy atom. The van der Waals surface area contributed by atoms with Gasteiger partial charge in [-0.3, -0.25) is 4.79 Å². The fraction of sp³-hybridized carbons (Fsp3) is 0.238. The van der Waals surface area contributed by atoms with Gasteiger partial charge >= 0.3 is 0 Å². The molecule has 1 N–H and O–H groups in total. The zero-order valence-electron chi connectivity index (χ0n) is 14.5. The molecule has 0 spiro atoms. The van der Waals surface area contributed by atoms with E-state index in [1.54, 1.807) is 6.08 Å². The molecule has 0 aromatic heterocycles. The van der Waals surface area contributed by atoms with Crippen molar-refractivity contribution in [2.45, 2.75) is 26.2 Å². The Labute approximate surface area is 149 Å². The zero-order chi connectivity index (χ0) is 17.7. The molecule has 0 heterocycles. The molecule has 0 atom stereocenters. The minimum absolute atomic E-state index is 0.0615. The van der Waals surface area contributed by atoms with Gasteiger partial charge in [-0.1, -0.05) is 61.9 Å². The molecule has 0 fully saturated rings. The van der Waals surface area contributed by atoms with Gasteiger partial charge in [-0.2, -0.15) is 5.10 Å². The fourth-order valence-electron chi connectivity index (χ4n) is 2.18. The molecule has 0 saturated heterocycles. The standard InChI is InChI=1S/C21H24N2O2/c1-2-3-8-19-12-14-20(15-13-19)25-17-21(24)23-22-16-7-11-18-9-5-4-6-10-18/h4-7,9-16H,2-3,8,17H2,1H3,(H,23,24)/b11-7-,22-16?. The molecular formula is C21H24N2O2. The summed E-state index contributed by atoms with van der Waals surface area (Å²) in [4.78, 5) is 11.7. The third-order valence-electron chi connectivity index (χ3n) is 3.55. The number of ether oxygens (including phenoxy) is 1. The number of hydrogen-bond donors (Lipinski definition) is 1. The lowest BCUT2D eigenvalue weighted by atomic mass is 10.1. The van der Waals surface area contributed by atoms with Crippen LogP contribution in [0, 0.1) is 0 Å². The molecular weight excluding hydrogens is 312 g/mol. The van der Waals surface area contributed by atoms with Gasteiger partial charge in [0.1, 0.15) is 5.75 Å². The second-order valence-electron chi connectivity index (χ2n) is 5.62. The van der Waals surface area contributed by atoms with Crippen molar-refractivity contribution >= 4 is 18.2 Å². The van der Waals surface area contributed by atoms with E-state index in [1.807, 2.05) is 60.7 Å². The molecule has 2 rings (SSSR count). The van der Waals surface area contributed by atoms with Crippen LogP contribution >= 0.6 is 0 Å². The van der Waals surface area contributed by atoms with Gasteiger partial charge in [0, 0.05) is 6.21 Å². The predicted octanol–water partition coefficient (Wildman–Crippen LogP) is 4.22. The topological polar surface area (TPSA) is 50.7 Å². The van der Waals surface area contributed by atoms with Crippen molar-refractivity contribution in [1.29, 1.82) is 0 Å². The zero-order valence-corrected chi connectivity index (χ0v) is 14.5. The first-order chi connectivity index (χ1) is 12.3. The van der Waals surface area contributed by atoms with E-state index < -0.39 is 0 Å². The SMILES string of the molecule is CCCCc1ccc(OCC(=O)NN=C/C=C\c2ccccc2)cc1. The van der Waals surface area contributed by atoms with Crippen LogP contribution in [-0.2, 0) is 11.2 Å². The molecule has 0 bridgehead atoms. The molecule has 4 heteroatoms. The summed E-state index contributed by atoms with van der Waals surface area (Å²) in [5.74, 6) is 0.391. The lowest BCUT2D eigenvalue weighted by Gasteiger charge is -2.06. The van der Waals surface area contributed by atoms with Crippen LogP contribution in [0.3, 0.4) is 0 Å². The van der Waals surface area contributed by atoms with E-state index in [1.165, 1.54) is 24.6 Å². The van der Waals surface area contributed by atoms with Crippen LogP contribution in [0.15, 0.2) is 65.8 Å². The van der Waals surface area contributed by atoms with E-state index in [-0.39, 0.29) is 12.5 Å². The number of carbonyl (C=O) groups excluding carboxylic acids is 1. The third-order valence-corrected chi connectivity index (χ3v) is 3.55. The Morgan fingerprint density at radius 2 is 1.88 bits per heavy atom. The van der Waals surface area contributed by atoms with Gasteiger partial charge in [0.25, 0.3) is 5.91 Å². The Morgan fingerprint density at radius 1 is 1.12 bits per heavy atom. The third kappa shape index (κ3) is 7.48. The Bertz CT molecular complexity index is 692. The van der Waals surface area contributed by atoms with Crippen LogP contribution in [0.25, 0.3) is 6.08 Å². The first-order valence-corrected chi connectivity index (χ1v) is 8.53. The molecule has 4 nitrogen and oxygen atoms in total. The Hall–Kier alpha value is -2.88. The van der Waals surface area contributed by atoms with Gasteiger partial charge in [0.15, 0.2) is 6.61 Å². The molecule has 0 saturated carbocycles. The van der Waals surface area contributed by atoms with Crippen LogP contribution < -0.4 is 10.2 Å². The van der Waals surface area contributed by atoms with Crippen molar-refractivity contribution in [3.8, 4) is 5.75 Å². The number of unbranched alkanes of at least 4 members (excludes halogenated alkanes) is 1. The van der Waals surface area contributed by atoms with Gasteiger partial charge < -0.3 is 4.74 Å². The van der Waals surface area contributed by atoms with E-state index in [0.717, 1.165) is 12.0 Å².